The molecule has 16 heavy (non-hydrogen) atoms. The van der Waals surface area contributed by atoms with Crippen LogP contribution in [0.15, 0.2) is 18.2 Å². The number of carbonyl (C=O) groups is 1. The summed E-state index contributed by atoms with van der Waals surface area (Å²) in [6.45, 7) is 2.23. The van der Waals surface area contributed by atoms with Crippen LogP contribution in [0, 0.1) is 6.92 Å². The van der Waals surface area contributed by atoms with Gasteiger partial charge in [-0.2, -0.15) is 0 Å². The summed E-state index contributed by atoms with van der Waals surface area (Å²) in [7, 11) is 1.58. The van der Waals surface area contributed by atoms with Crippen molar-refractivity contribution in [3.63, 3.8) is 0 Å². The van der Waals surface area contributed by atoms with Crippen LogP contribution in [-0.4, -0.2) is 19.6 Å². The van der Waals surface area contributed by atoms with Crippen molar-refractivity contribution in [2.45, 2.75) is 13.3 Å². The topological polar surface area (TPSA) is 73.6 Å². The highest BCUT2D eigenvalue weighted by atomic mass is 16.5. The molecule has 0 saturated heterocycles. The van der Waals surface area contributed by atoms with E-state index in [9.17, 15) is 4.79 Å². The van der Waals surface area contributed by atoms with Crippen LogP contribution in [-0.2, 0) is 4.79 Å². The van der Waals surface area contributed by atoms with Crippen molar-refractivity contribution >= 4 is 5.91 Å². The number of amides is 1. The lowest BCUT2D eigenvalue weighted by Gasteiger charge is -2.10. The van der Waals surface area contributed by atoms with E-state index in [-0.39, 0.29) is 18.9 Å². The highest BCUT2D eigenvalue weighted by molar-refractivity contribution is 5.75. The Labute approximate surface area is 94.5 Å². The van der Waals surface area contributed by atoms with E-state index in [4.69, 9.17) is 15.3 Å². The van der Waals surface area contributed by atoms with E-state index in [1.165, 1.54) is 0 Å². The maximum atomic E-state index is 10.9. The van der Waals surface area contributed by atoms with Crippen LogP contribution < -0.4 is 20.7 Å². The first kappa shape index (κ1) is 12.3. The lowest BCUT2D eigenvalue weighted by Crippen LogP contribution is -2.31. The molecule has 1 amide bonds. The van der Waals surface area contributed by atoms with Crippen molar-refractivity contribution in [2.24, 2.45) is 5.84 Å². The number of ether oxygens (including phenoxy) is 2. The van der Waals surface area contributed by atoms with E-state index in [0.29, 0.717) is 11.5 Å². The highest BCUT2D eigenvalue weighted by Crippen LogP contribution is 2.27. The van der Waals surface area contributed by atoms with E-state index < -0.39 is 0 Å². The Morgan fingerprint density at radius 2 is 2.19 bits per heavy atom. The molecule has 3 N–H and O–H groups in total. The first-order chi connectivity index (χ1) is 7.67. The van der Waals surface area contributed by atoms with Crippen molar-refractivity contribution in [3.8, 4) is 11.5 Å². The maximum Gasteiger partial charge on any atom is 0.237 e. The summed E-state index contributed by atoms with van der Waals surface area (Å²) in [6, 6.07) is 5.60. The number of hydrazine groups is 1. The van der Waals surface area contributed by atoms with Crippen LogP contribution in [0.4, 0.5) is 0 Å². The molecule has 0 unspecified atom stereocenters. The van der Waals surface area contributed by atoms with Crippen LogP contribution >= 0.6 is 0 Å². The monoisotopic (exact) mass is 224 g/mol. The quantitative estimate of drug-likeness (QED) is 0.440. The van der Waals surface area contributed by atoms with Gasteiger partial charge in [0, 0.05) is 0 Å². The third-order valence-electron chi connectivity index (χ3n) is 2.07. The minimum atomic E-state index is -0.258. The second-order valence-electron chi connectivity index (χ2n) is 3.32. The predicted octanol–water partition coefficient (Wildman–Crippen LogP) is 0.762. The largest absolute Gasteiger partial charge is 0.493 e. The second-order valence-corrected chi connectivity index (χ2v) is 3.32. The van der Waals surface area contributed by atoms with Crippen LogP contribution in [0.5, 0.6) is 11.5 Å². The Bertz CT molecular complexity index is 366. The minimum absolute atomic E-state index is 0.216. The van der Waals surface area contributed by atoms with Gasteiger partial charge in [-0.15, -0.1) is 0 Å². The first-order valence-electron chi connectivity index (χ1n) is 4.94. The zero-order valence-electron chi connectivity index (χ0n) is 9.45. The van der Waals surface area contributed by atoms with Crippen molar-refractivity contribution < 1.29 is 14.3 Å². The molecule has 0 aliphatic rings. The molecule has 88 valence electrons. The fraction of sp³-hybridized carbons (Fsp3) is 0.364. The molecule has 0 bridgehead atoms. The number of rotatable bonds is 5. The summed E-state index contributed by atoms with van der Waals surface area (Å²) in [5.41, 5.74) is 3.13. The van der Waals surface area contributed by atoms with E-state index >= 15 is 0 Å². The molecule has 5 heteroatoms. The number of nitrogens with two attached hydrogens (primary N) is 1. The van der Waals surface area contributed by atoms with Gasteiger partial charge < -0.3 is 9.47 Å². The summed E-state index contributed by atoms with van der Waals surface area (Å²) < 4.78 is 10.6. The van der Waals surface area contributed by atoms with Crippen molar-refractivity contribution in [1.82, 2.24) is 5.43 Å². The number of hydrogen-bond acceptors (Lipinski definition) is 4. The summed E-state index contributed by atoms with van der Waals surface area (Å²) >= 11 is 0. The lowest BCUT2D eigenvalue weighted by molar-refractivity contribution is -0.121. The maximum absolute atomic E-state index is 10.9. The predicted molar refractivity (Wildman–Crippen MR) is 60.2 cm³/mol. The number of methoxy groups -OCH3 is 1. The average Bonchev–Trinajstić information content (AvgIpc) is 2.30. The Balaban J connectivity index is 2.56. The van der Waals surface area contributed by atoms with Gasteiger partial charge in [0.05, 0.1) is 20.1 Å². The molecule has 0 aliphatic heterocycles. The Hall–Kier alpha value is -1.75. The van der Waals surface area contributed by atoms with E-state index in [2.05, 4.69) is 0 Å². The second kappa shape index (κ2) is 5.97. The molecule has 0 aromatic heterocycles. The summed E-state index contributed by atoms with van der Waals surface area (Å²) in [4.78, 5) is 10.9. The molecule has 0 radical (unpaired) electrons. The zero-order valence-corrected chi connectivity index (χ0v) is 9.45. The fourth-order valence-corrected chi connectivity index (χ4v) is 1.22. The summed E-state index contributed by atoms with van der Waals surface area (Å²) in [6.07, 6.45) is 0.216. The standard InChI is InChI=1S/C11H16N2O3/c1-8-3-4-9(10(7-8)15-2)16-6-5-11(14)13-12/h3-4,7H,5-6,12H2,1-2H3,(H,13,14). The molecule has 5 nitrogen and oxygen atoms in total. The van der Waals surface area contributed by atoms with Crippen molar-refractivity contribution in [1.29, 1.82) is 0 Å². The lowest BCUT2D eigenvalue weighted by atomic mass is 10.2. The van der Waals surface area contributed by atoms with Gasteiger partial charge in [0.25, 0.3) is 0 Å². The molecule has 1 rings (SSSR count). The molecular weight excluding hydrogens is 208 g/mol. The smallest absolute Gasteiger partial charge is 0.237 e. The number of hydrogen-bond donors (Lipinski definition) is 2. The average molecular weight is 224 g/mol. The van der Waals surface area contributed by atoms with Gasteiger partial charge in [-0.3, -0.25) is 10.2 Å². The number of benzene rings is 1. The Morgan fingerprint density at radius 1 is 1.44 bits per heavy atom. The van der Waals surface area contributed by atoms with Gasteiger partial charge in [0.15, 0.2) is 11.5 Å². The fourth-order valence-electron chi connectivity index (χ4n) is 1.22. The van der Waals surface area contributed by atoms with Crippen molar-refractivity contribution in [3.05, 3.63) is 23.8 Å². The summed E-state index contributed by atoms with van der Waals surface area (Å²) in [5, 5.41) is 0. The molecule has 1 aromatic carbocycles. The number of nitrogens with one attached hydrogen (secondary N) is 1. The minimum Gasteiger partial charge on any atom is -0.493 e. The van der Waals surface area contributed by atoms with Gasteiger partial charge in [-0.25, -0.2) is 5.84 Å². The van der Waals surface area contributed by atoms with Gasteiger partial charge in [0.1, 0.15) is 0 Å². The van der Waals surface area contributed by atoms with E-state index in [1.807, 2.05) is 30.5 Å². The number of aryl methyl sites for hydroxylation is 1. The molecule has 0 saturated carbocycles. The summed E-state index contributed by atoms with van der Waals surface area (Å²) in [5.74, 6) is 5.97. The van der Waals surface area contributed by atoms with Crippen LogP contribution in [0.1, 0.15) is 12.0 Å². The molecule has 0 fully saturated rings. The molecular formula is C11H16N2O3. The molecule has 0 atom stereocenters. The SMILES string of the molecule is COc1cc(C)ccc1OCCC(=O)NN. The molecule has 1 aromatic rings. The van der Waals surface area contributed by atoms with Crippen molar-refractivity contribution in [2.75, 3.05) is 13.7 Å². The van der Waals surface area contributed by atoms with Gasteiger partial charge in [0.2, 0.25) is 5.91 Å². The Morgan fingerprint density at radius 3 is 2.81 bits per heavy atom. The third kappa shape index (κ3) is 3.43. The molecule has 0 heterocycles. The van der Waals surface area contributed by atoms with Gasteiger partial charge in [-0.1, -0.05) is 6.07 Å². The van der Waals surface area contributed by atoms with Crippen LogP contribution in [0.25, 0.3) is 0 Å². The van der Waals surface area contributed by atoms with E-state index in [1.54, 1.807) is 7.11 Å². The first-order valence-corrected chi connectivity index (χ1v) is 4.94. The normalized spacial score (nSPS) is 9.69. The molecule has 0 spiro atoms. The third-order valence-corrected chi connectivity index (χ3v) is 2.07. The van der Waals surface area contributed by atoms with Crippen LogP contribution in [0.3, 0.4) is 0 Å². The van der Waals surface area contributed by atoms with Gasteiger partial charge in [-0.05, 0) is 24.6 Å². The number of carbonyl (C=O) groups excluding carboxylic acids is 1. The van der Waals surface area contributed by atoms with Crippen LogP contribution in [0.2, 0.25) is 0 Å². The zero-order chi connectivity index (χ0) is 12.0. The van der Waals surface area contributed by atoms with E-state index in [0.717, 1.165) is 5.56 Å². The highest BCUT2D eigenvalue weighted by Gasteiger charge is 2.05. The van der Waals surface area contributed by atoms with Gasteiger partial charge >= 0.3 is 0 Å². The molecule has 0 aliphatic carbocycles. The Kier molecular flexibility index (Phi) is 4.60.